The summed E-state index contributed by atoms with van der Waals surface area (Å²) in [5.74, 6) is -2.47. The highest BCUT2D eigenvalue weighted by Gasteiger charge is 2.19. The molecule has 0 fully saturated rings. The Morgan fingerprint density at radius 2 is 1.72 bits per heavy atom. The molecule has 0 atom stereocenters. The maximum Gasteiger partial charge on any atom is 0.336 e. The van der Waals surface area contributed by atoms with Gasteiger partial charge in [-0.1, -0.05) is 23.7 Å². The van der Waals surface area contributed by atoms with Gasteiger partial charge in [0.25, 0.3) is 0 Å². The van der Waals surface area contributed by atoms with Gasteiger partial charge in [-0.3, -0.25) is 0 Å². The molecule has 2 aromatic rings. The molecule has 92 valence electrons. The standard InChI is InChI=1S/C12H8ClNO4/c13-10-5-2-1-3-6(11(15)16)9(5)7(12(17)18)4-8(10)14/h1-4H,14H2,(H,15,16)(H,17,18). The van der Waals surface area contributed by atoms with Crippen LogP contribution >= 0.6 is 11.6 Å². The Bertz CT molecular complexity index is 681. The molecule has 0 amide bonds. The lowest BCUT2D eigenvalue weighted by molar-refractivity contribution is 0.0695. The molecule has 0 radical (unpaired) electrons. The third-order valence-corrected chi connectivity index (χ3v) is 3.01. The van der Waals surface area contributed by atoms with Gasteiger partial charge in [-0.25, -0.2) is 9.59 Å². The van der Waals surface area contributed by atoms with Crippen molar-refractivity contribution in [2.24, 2.45) is 0 Å². The van der Waals surface area contributed by atoms with Crippen LogP contribution in [0.25, 0.3) is 10.8 Å². The van der Waals surface area contributed by atoms with Crippen molar-refractivity contribution in [3.63, 3.8) is 0 Å². The maximum atomic E-state index is 11.2. The van der Waals surface area contributed by atoms with Gasteiger partial charge in [-0.2, -0.15) is 0 Å². The van der Waals surface area contributed by atoms with Crippen molar-refractivity contribution in [3.8, 4) is 0 Å². The number of fused-ring (bicyclic) bond motifs is 1. The van der Waals surface area contributed by atoms with Crippen LogP contribution in [-0.4, -0.2) is 22.2 Å². The Labute approximate surface area is 106 Å². The molecule has 0 heterocycles. The summed E-state index contributed by atoms with van der Waals surface area (Å²) < 4.78 is 0. The summed E-state index contributed by atoms with van der Waals surface area (Å²) in [5.41, 5.74) is 5.41. The Morgan fingerprint density at radius 3 is 2.28 bits per heavy atom. The first-order valence-corrected chi connectivity index (χ1v) is 5.28. The van der Waals surface area contributed by atoms with Gasteiger partial charge in [0.05, 0.1) is 21.8 Å². The zero-order valence-electron chi connectivity index (χ0n) is 8.98. The van der Waals surface area contributed by atoms with Crippen LogP contribution in [0.4, 0.5) is 5.69 Å². The molecule has 0 saturated heterocycles. The highest BCUT2D eigenvalue weighted by Crippen LogP contribution is 2.34. The lowest BCUT2D eigenvalue weighted by Gasteiger charge is -2.10. The number of hydrogen-bond donors (Lipinski definition) is 3. The van der Waals surface area contributed by atoms with Crippen LogP contribution in [0.1, 0.15) is 20.7 Å². The Hall–Kier alpha value is -2.27. The molecular weight excluding hydrogens is 258 g/mol. The van der Waals surface area contributed by atoms with Crippen molar-refractivity contribution < 1.29 is 19.8 Å². The van der Waals surface area contributed by atoms with Crippen LogP contribution < -0.4 is 5.73 Å². The van der Waals surface area contributed by atoms with Crippen molar-refractivity contribution in [1.29, 1.82) is 0 Å². The van der Waals surface area contributed by atoms with Crippen LogP contribution in [0, 0.1) is 0 Å². The Morgan fingerprint density at radius 1 is 1.11 bits per heavy atom. The van der Waals surface area contributed by atoms with E-state index in [-0.39, 0.29) is 27.2 Å². The molecule has 5 nitrogen and oxygen atoms in total. The number of carboxylic acid groups (broad SMARTS) is 2. The summed E-state index contributed by atoms with van der Waals surface area (Å²) in [7, 11) is 0. The second-order valence-electron chi connectivity index (χ2n) is 3.67. The van der Waals surface area contributed by atoms with E-state index in [1.807, 2.05) is 0 Å². The largest absolute Gasteiger partial charge is 0.478 e. The molecule has 0 unspecified atom stereocenters. The number of carbonyl (C=O) groups is 2. The molecule has 0 bridgehead atoms. The average Bonchev–Trinajstić information content (AvgIpc) is 2.32. The minimum absolute atomic E-state index is 0.0803. The summed E-state index contributed by atoms with van der Waals surface area (Å²) >= 11 is 5.97. The summed E-state index contributed by atoms with van der Waals surface area (Å²) in [6.07, 6.45) is 0. The second kappa shape index (κ2) is 4.19. The number of rotatable bonds is 2. The van der Waals surface area contributed by atoms with E-state index in [0.717, 1.165) is 0 Å². The highest BCUT2D eigenvalue weighted by atomic mass is 35.5. The van der Waals surface area contributed by atoms with Crippen LogP contribution in [0.5, 0.6) is 0 Å². The zero-order chi connectivity index (χ0) is 13.4. The maximum absolute atomic E-state index is 11.2. The van der Waals surface area contributed by atoms with Gasteiger partial charge < -0.3 is 15.9 Å². The van der Waals surface area contributed by atoms with Crippen LogP contribution in [0.3, 0.4) is 0 Å². The van der Waals surface area contributed by atoms with Gasteiger partial charge in [-0.05, 0) is 12.1 Å². The van der Waals surface area contributed by atoms with Gasteiger partial charge in [-0.15, -0.1) is 0 Å². The molecular formula is C12H8ClNO4. The minimum Gasteiger partial charge on any atom is -0.478 e. The SMILES string of the molecule is Nc1cc(C(=O)O)c2c(C(=O)O)cccc2c1Cl. The number of nitrogen functional groups attached to an aromatic ring is 1. The second-order valence-corrected chi connectivity index (χ2v) is 4.04. The normalized spacial score (nSPS) is 10.5. The molecule has 6 heteroatoms. The van der Waals surface area contributed by atoms with Gasteiger partial charge in [0.1, 0.15) is 0 Å². The quantitative estimate of drug-likeness (QED) is 0.724. The number of anilines is 1. The molecule has 0 aliphatic heterocycles. The number of hydrogen-bond acceptors (Lipinski definition) is 3. The molecule has 0 aliphatic rings. The first kappa shape index (κ1) is 12.2. The van der Waals surface area contributed by atoms with E-state index < -0.39 is 11.9 Å². The fraction of sp³-hybridized carbons (Fsp3) is 0. The number of aromatic carboxylic acids is 2. The Balaban J connectivity index is 3.04. The van der Waals surface area contributed by atoms with E-state index in [4.69, 9.17) is 27.5 Å². The van der Waals surface area contributed by atoms with Gasteiger partial charge in [0.2, 0.25) is 0 Å². The minimum atomic E-state index is -1.25. The van der Waals surface area contributed by atoms with E-state index in [2.05, 4.69) is 0 Å². The third-order valence-electron chi connectivity index (χ3n) is 2.58. The van der Waals surface area contributed by atoms with Crippen molar-refractivity contribution in [1.82, 2.24) is 0 Å². The predicted octanol–water partition coefficient (Wildman–Crippen LogP) is 2.47. The van der Waals surface area contributed by atoms with Crippen LogP contribution in [0.2, 0.25) is 5.02 Å². The van der Waals surface area contributed by atoms with E-state index in [1.54, 1.807) is 0 Å². The van der Waals surface area contributed by atoms with E-state index >= 15 is 0 Å². The summed E-state index contributed by atoms with van der Waals surface area (Å²) in [4.78, 5) is 22.3. The fourth-order valence-corrected chi connectivity index (χ4v) is 2.03. The molecule has 0 spiro atoms. The van der Waals surface area contributed by atoms with Crippen molar-refractivity contribution in [2.45, 2.75) is 0 Å². The summed E-state index contributed by atoms with van der Waals surface area (Å²) in [6, 6.07) is 5.51. The Kier molecular flexibility index (Phi) is 2.84. The molecule has 4 N–H and O–H groups in total. The predicted molar refractivity (Wildman–Crippen MR) is 67.3 cm³/mol. The summed E-state index contributed by atoms with van der Waals surface area (Å²) in [6.45, 7) is 0. The number of carboxylic acids is 2. The van der Waals surface area contributed by atoms with Crippen molar-refractivity contribution in [3.05, 3.63) is 40.4 Å². The first-order valence-electron chi connectivity index (χ1n) is 4.90. The highest BCUT2D eigenvalue weighted by molar-refractivity contribution is 6.39. The van der Waals surface area contributed by atoms with Gasteiger partial charge in [0, 0.05) is 10.8 Å². The molecule has 0 aliphatic carbocycles. The average molecular weight is 266 g/mol. The lowest BCUT2D eigenvalue weighted by atomic mass is 9.98. The molecule has 0 aromatic heterocycles. The zero-order valence-corrected chi connectivity index (χ0v) is 9.73. The topological polar surface area (TPSA) is 101 Å². The van der Waals surface area contributed by atoms with Crippen molar-refractivity contribution in [2.75, 3.05) is 5.73 Å². The van der Waals surface area contributed by atoms with E-state index in [0.29, 0.717) is 5.39 Å². The van der Waals surface area contributed by atoms with Crippen LogP contribution in [0.15, 0.2) is 24.3 Å². The summed E-state index contributed by atoms with van der Waals surface area (Å²) in [5, 5.41) is 18.7. The monoisotopic (exact) mass is 265 g/mol. The van der Waals surface area contributed by atoms with Crippen molar-refractivity contribution >= 4 is 40.0 Å². The van der Waals surface area contributed by atoms with Crippen LogP contribution in [-0.2, 0) is 0 Å². The molecule has 2 aromatic carbocycles. The number of halogens is 1. The number of benzene rings is 2. The molecule has 18 heavy (non-hydrogen) atoms. The van der Waals surface area contributed by atoms with E-state index in [9.17, 15) is 9.59 Å². The lowest BCUT2D eigenvalue weighted by Crippen LogP contribution is -2.05. The van der Waals surface area contributed by atoms with E-state index in [1.165, 1.54) is 24.3 Å². The van der Waals surface area contributed by atoms with Gasteiger partial charge >= 0.3 is 11.9 Å². The smallest absolute Gasteiger partial charge is 0.336 e. The third kappa shape index (κ3) is 1.74. The first-order chi connectivity index (χ1) is 8.43. The van der Waals surface area contributed by atoms with Gasteiger partial charge in [0.15, 0.2) is 0 Å². The molecule has 0 saturated carbocycles. The fourth-order valence-electron chi connectivity index (χ4n) is 1.82. The number of nitrogens with two attached hydrogens (primary N) is 1. The molecule has 2 rings (SSSR count).